The molecule has 1 aliphatic heterocycles. The minimum absolute atomic E-state index is 0.282. The van der Waals surface area contributed by atoms with Crippen molar-refractivity contribution in [3.8, 4) is 5.75 Å². The number of nitrogens with one attached hydrogen (secondary N) is 1. The number of hydrogen-bond acceptors (Lipinski definition) is 3. The van der Waals surface area contributed by atoms with Crippen LogP contribution in [0.4, 0.5) is 0 Å². The second-order valence-electron chi connectivity index (χ2n) is 5.91. The Morgan fingerprint density at radius 2 is 2.00 bits per heavy atom. The van der Waals surface area contributed by atoms with Gasteiger partial charge in [-0.1, -0.05) is 25.0 Å². The fourth-order valence-electron chi connectivity index (χ4n) is 3.78. The summed E-state index contributed by atoms with van der Waals surface area (Å²) in [7, 11) is 1.69. The molecule has 0 amide bonds. The van der Waals surface area contributed by atoms with Crippen LogP contribution in [0.25, 0.3) is 0 Å². The summed E-state index contributed by atoms with van der Waals surface area (Å²) in [6.45, 7) is 0.906. The zero-order chi connectivity index (χ0) is 13.3. The van der Waals surface area contributed by atoms with Gasteiger partial charge in [0.2, 0.25) is 0 Å². The van der Waals surface area contributed by atoms with Gasteiger partial charge in [0.1, 0.15) is 5.75 Å². The van der Waals surface area contributed by atoms with Crippen molar-refractivity contribution in [1.82, 2.24) is 5.32 Å². The first kappa shape index (κ1) is 12.9. The lowest BCUT2D eigenvalue weighted by atomic mass is 9.67. The van der Waals surface area contributed by atoms with Gasteiger partial charge in [-0.3, -0.25) is 0 Å². The summed E-state index contributed by atoms with van der Waals surface area (Å²) in [5.74, 6) is 1.24. The van der Waals surface area contributed by atoms with E-state index in [-0.39, 0.29) is 6.04 Å². The standard InChI is InChI=1S/C16H23NO2/c1-19-13-7-5-12(6-8-13)15-14-4-2-3-9-16(14,18)10-11-17-15/h5-8,14-15,17-18H,2-4,9-11H2,1H3/t14-,15-,16-/m0/s1. The molecule has 1 saturated carbocycles. The van der Waals surface area contributed by atoms with Gasteiger partial charge in [0, 0.05) is 12.0 Å². The molecule has 0 unspecified atom stereocenters. The van der Waals surface area contributed by atoms with Crippen LogP contribution in [0.15, 0.2) is 24.3 Å². The monoisotopic (exact) mass is 261 g/mol. The Balaban J connectivity index is 1.85. The zero-order valence-electron chi connectivity index (χ0n) is 11.6. The van der Waals surface area contributed by atoms with Gasteiger partial charge in [0.15, 0.2) is 0 Å². The summed E-state index contributed by atoms with van der Waals surface area (Å²) in [4.78, 5) is 0. The molecule has 19 heavy (non-hydrogen) atoms. The van der Waals surface area contributed by atoms with Crippen LogP contribution < -0.4 is 10.1 Å². The fraction of sp³-hybridized carbons (Fsp3) is 0.625. The molecule has 1 saturated heterocycles. The molecule has 1 aromatic rings. The lowest BCUT2D eigenvalue weighted by Gasteiger charge is -2.48. The molecule has 2 N–H and O–H groups in total. The Labute approximate surface area is 115 Å². The normalized spacial score (nSPS) is 34.6. The van der Waals surface area contributed by atoms with E-state index in [0.717, 1.165) is 31.6 Å². The highest BCUT2D eigenvalue weighted by molar-refractivity contribution is 5.30. The van der Waals surface area contributed by atoms with Gasteiger partial charge >= 0.3 is 0 Å². The van der Waals surface area contributed by atoms with Crippen molar-refractivity contribution in [2.75, 3.05) is 13.7 Å². The Bertz CT molecular complexity index is 427. The molecule has 2 aliphatic rings. The number of methoxy groups -OCH3 is 1. The second kappa shape index (κ2) is 5.14. The first-order valence-corrected chi connectivity index (χ1v) is 7.33. The minimum atomic E-state index is -0.450. The maximum absolute atomic E-state index is 10.9. The molecular formula is C16H23NO2. The summed E-state index contributed by atoms with van der Waals surface area (Å²) in [5.41, 5.74) is 0.819. The quantitative estimate of drug-likeness (QED) is 0.860. The van der Waals surface area contributed by atoms with Gasteiger partial charge in [-0.2, -0.15) is 0 Å². The van der Waals surface area contributed by atoms with E-state index in [2.05, 4.69) is 17.4 Å². The molecule has 0 aromatic heterocycles. The van der Waals surface area contributed by atoms with E-state index < -0.39 is 5.60 Å². The van der Waals surface area contributed by atoms with Crippen molar-refractivity contribution in [3.05, 3.63) is 29.8 Å². The molecule has 1 aliphatic carbocycles. The molecule has 3 heteroatoms. The van der Waals surface area contributed by atoms with Crippen molar-refractivity contribution in [2.45, 2.75) is 43.7 Å². The average Bonchev–Trinajstić information content (AvgIpc) is 2.46. The first-order chi connectivity index (χ1) is 9.23. The topological polar surface area (TPSA) is 41.5 Å². The van der Waals surface area contributed by atoms with Gasteiger partial charge in [-0.15, -0.1) is 0 Å². The van der Waals surface area contributed by atoms with Crippen molar-refractivity contribution in [1.29, 1.82) is 0 Å². The number of aliphatic hydroxyl groups is 1. The lowest BCUT2D eigenvalue weighted by molar-refractivity contribution is -0.0861. The van der Waals surface area contributed by atoms with E-state index >= 15 is 0 Å². The van der Waals surface area contributed by atoms with E-state index in [0.29, 0.717) is 5.92 Å². The summed E-state index contributed by atoms with van der Waals surface area (Å²) in [6.07, 6.45) is 5.39. The third-order valence-corrected chi connectivity index (χ3v) is 4.86. The van der Waals surface area contributed by atoms with E-state index in [4.69, 9.17) is 4.74 Å². The van der Waals surface area contributed by atoms with Gasteiger partial charge in [-0.05, 0) is 43.5 Å². The summed E-state index contributed by atoms with van der Waals surface area (Å²) in [5, 5.41) is 14.5. The van der Waals surface area contributed by atoms with Crippen LogP contribution in [-0.4, -0.2) is 24.4 Å². The van der Waals surface area contributed by atoms with Crippen LogP contribution in [-0.2, 0) is 0 Å². The van der Waals surface area contributed by atoms with Gasteiger partial charge in [0.05, 0.1) is 12.7 Å². The van der Waals surface area contributed by atoms with E-state index in [1.807, 2.05) is 12.1 Å². The molecule has 0 radical (unpaired) electrons. The van der Waals surface area contributed by atoms with Crippen LogP contribution in [0.1, 0.15) is 43.7 Å². The molecule has 104 valence electrons. The Hall–Kier alpha value is -1.06. The predicted molar refractivity (Wildman–Crippen MR) is 75.3 cm³/mol. The Morgan fingerprint density at radius 3 is 2.74 bits per heavy atom. The molecular weight excluding hydrogens is 238 g/mol. The lowest BCUT2D eigenvalue weighted by Crippen LogP contribution is -2.53. The second-order valence-corrected chi connectivity index (χ2v) is 5.91. The highest BCUT2D eigenvalue weighted by Crippen LogP contribution is 2.45. The maximum Gasteiger partial charge on any atom is 0.118 e. The number of benzene rings is 1. The van der Waals surface area contributed by atoms with E-state index in [1.165, 1.54) is 18.4 Å². The summed E-state index contributed by atoms with van der Waals surface area (Å²) >= 11 is 0. The van der Waals surface area contributed by atoms with Gasteiger partial charge in [0.25, 0.3) is 0 Å². The average molecular weight is 261 g/mol. The Kier molecular flexibility index (Phi) is 3.50. The van der Waals surface area contributed by atoms with Crippen molar-refractivity contribution < 1.29 is 9.84 Å². The minimum Gasteiger partial charge on any atom is -0.497 e. The highest BCUT2D eigenvalue weighted by Gasteiger charge is 2.45. The molecule has 3 nitrogen and oxygen atoms in total. The van der Waals surface area contributed by atoms with Gasteiger partial charge < -0.3 is 15.2 Å². The molecule has 3 atom stereocenters. The van der Waals surface area contributed by atoms with Crippen LogP contribution in [0.2, 0.25) is 0 Å². The van der Waals surface area contributed by atoms with Crippen molar-refractivity contribution in [3.63, 3.8) is 0 Å². The van der Waals surface area contributed by atoms with Crippen molar-refractivity contribution >= 4 is 0 Å². The number of hydrogen-bond donors (Lipinski definition) is 2. The molecule has 2 fully saturated rings. The smallest absolute Gasteiger partial charge is 0.118 e. The third kappa shape index (κ3) is 2.37. The SMILES string of the molecule is COc1ccc([C@@H]2NCC[C@@]3(O)CCCC[C@@H]23)cc1. The highest BCUT2D eigenvalue weighted by atomic mass is 16.5. The summed E-state index contributed by atoms with van der Waals surface area (Å²) in [6, 6.07) is 8.54. The zero-order valence-corrected chi connectivity index (χ0v) is 11.6. The molecule has 1 aromatic carbocycles. The maximum atomic E-state index is 10.9. The molecule has 0 bridgehead atoms. The predicted octanol–water partition coefficient (Wildman–Crippen LogP) is 2.65. The largest absolute Gasteiger partial charge is 0.497 e. The van der Waals surface area contributed by atoms with Crippen LogP contribution in [0.5, 0.6) is 5.75 Å². The number of rotatable bonds is 2. The van der Waals surface area contributed by atoms with E-state index in [9.17, 15) is 5.11 Å². The van der Waals surface area contributed by atoms with Crippen LogP contribution >= 0.6 is 0 Å². The van der Waals surface area contributed by atoms with Gasteiger partial charge in [-0.25, -0.2) is 0 Å². The number of piperidine rings is 1. The van der Waals surface area contributed by atoms with Crippen LogP contribution in [0, 0.1) is 5.92 Å². The first-order valence-electron chi connectivity index (χ1n) is 7.33. The molecule has 1 heterocycles. The fourth-order valence-corrected chi connectivity index (χ4v) is 3.78. The van der Waals surface area contributed by atoms with Crippen molar-refractivity contribution in [2.24, 2.45) is 5.92 Å². The third-order valence-electron chi connectivity index (χ3n) is 4.86. The molecule has 3 rings (SSSR count). The number of ether oxygens (including phenoxy) is 1. The Morgan fingerprint density at radius 1 is 1.21 bits per heavy atom. The number of fused-ring (bicyclic) bond motifs is 1. The van der Waals surface area contributed by atoms with E-state index in [1.54, 1.807) is 7.11 Å². The molecule has 0 spiro atoms. The summed E-state index contributed by atoms with van der Waals surface area (Å²) < 4.78 is 5.21. The van der Waals surface area contributed by atoms with Crippen LogP contribution in [0.3, 0.4) is 0 Å².